The number of ether oxygens (including phenoxy) is 1. The Balaban J connectivity index is 1.30. The van der Waals surface area contributed by atoms with Crippen LogP contribution in [0.2, 0.25) is 0 Å². The predicted octanol–water partition coefficient (Wildman–Crippen LogP) is 2.03. The Morgan fingerprint density at radius 3 is 2.38 bits per heavy atom. The van der Waals surface area contributed by atoms with Crippen molar-refractivity contribution in [1.29, 1.82) is 0 Å². The Labute approximate surface area is 127 Å². The Morgan fingerprint density at radius 1 is 1.00 bits per heavy atom. The Bertz CT molecular complexity index is 394. The highest BCUT2D eigenvalue weighted by Gasteiger charge is 2.46. The van der Waals surface area contributed by atoms with E-state index >= 15 is 0 Å². The highest BCUT2D eigenvalue weighted by Crippen LogP contribution is 2.40. The van der Waals surface area contributed by atoms with E-state index < -0.39 is 0 Å². The number of rotatable bonds is 3. The fourth-order valence-electron chi connectivity index (χ4n) is 4.31. The third-order valence-corrected chi connectivity index (χ3v) is 5.93. The molecule has 4 heteroatoms. The number of carbonyl (C=O) groups is 1. The molecule has 3 heterocycles. The van der Waals surface area contributed by atoms with E-state index in [2.05, 4.69) is 4.90 Å². The van der Waals surface area contributed by atoms with Gasteiger partial charge in [0.1, 0.15) is 6.10 Å². The van der Waals surface area contributed by atoms with E-state index in [9.17, 15) is 4.79 Å². The minimum Gasteiger partial charge on any atom is -0.362 e. The summed E-state index contributed by atoms with van der Waals surface area (Å²) in [5.74, 6) is 1.25. The van der Waals surface area contributed by atoms with Gasteiger partial charge in [-0.25, -0.2) is 0 Å². The van der Waals surface area contributed by atoms with Gasteiger partial charge in [0.05, 0.1) is 5.60 Å². The summed E-state index contributed by atoms with van der Waals surface area (Å²) in [7, 11) is 0. The van der Waals surface area contributed by atoms with E-state index in [0.717, 1.165) is 44.7 Å². The van der Waals surface area contributed by atoms with Crippen LogP contribution in [0, 0.1) is 5.92 Å². The second kappa shape index (κ2) is 5.54. The average Bonchev–Trinajstić information content (AvgIpc) is 3.02. The first kappa shape index (κ1) is 14.0. The highest BCUT2D eigenvalue weighted by atomic mass is 16.5. The van der Waals surface area contributed by atoms with Gasteiger partial charge in [-0.1, -0.05) is 0 Å². The molecule has 4 rings (SSSR count). The molecular formula is C17H28N2O2. The standard InChI is InChI=1S/C17H28N2O2/c20-16(19-9-1-2-10-19)15-5-6-17(21-15)7-11-18(12-8-17)13-14-3-4-14/h14-15H,1-13H2/t15-/m1/s1. The third kappa shape index (κ3) is 2.98. The first-order valence-electron chi connectivity index (χ1n) is 8.93. The molecule has 118 valence electrons. The lowest BCUT2D eigenvalue weighted by molar-refractivity contribution is -0.150. The lowest BCUT2D eigenvalue weighted by atomic mass is 9.88. The average molecular weight is 292 g/mol. The number of amides is 1. The lowest BCUT2D eigenvalue weighted by Gasteiger charge is -2.39. The molecule has 0 aromatic rings. The highest BCUT2D eigenvalue weighted by molar-refractivity contribution is 5.81. The molecule has 1 saturated carbocycles. The van der Waals surface area contributed by atoms with Gasteiger partial charge in [0.15, 0.2) is 0 Å². The molecule has 4 fully saturated rings. The third-order valence-electron chi connectivity index (χ3n) is 5.93. The summed E-state index contributed by atoms with van der Waals surface area (Å²) in [5.41, 5.74) is 0.0279. The summed E-state index contributed by atoms with van der Waals surface area (Å²) in [6.45, 7) is 5.52. The summed E-state index contributed by atoms with van der Waals surface area (Å²) < 4.78 is 6.32. The number of carbonyl (C=O) groups excluding carboxylic acids is 1. The van der Waals surface area contributed by atoms with Gasteiger partial charge >= 0.3 is 0 Å². The van der Waals surface area contributed by atoms with E-state index in [0.29, 0.717) is 0 Å². The summed E-state index contributed by atoms with van der Waals surface area (Å²) in [5, 5.41) is 0. The van der Waals surface area contributed by atoms with Gasteiger partial charge in [0.25, 0.3) is 5.91 Å². The molecule has 1 aliphatic carbocycles. The van der Waals surface area contributed by atoms with Crippen molar-refractivity contribution in [3.05, 3.63) is 0 Å². The van der Waals surface area contributed by atoms with Gasteiger partial charge in [0.2, 0.25) is 0 Å². The first-order valence-corrected chi connectivity index (χ1v) is 8.93. The first-order chi connectivity index (χ1) is 10.2. The largest absolute Gasteiger partial charge is 0.362 e. The topological polar surface area (TPSA) is 32.8 Å². The number of hydrogen-bond donors (Lipinski definition) is 0. The Morgan fingerprint density at radius 2 is 1.71 bits per heavy atom. The van der Waals surface area contributed by atoms with Crippen LogP contribution in [0.15, 0.2) is 0 Å². The lowest BCUT2D eigenvalue weighted by Crippen LogP contribution is -2.46. The summed E-state index contributed by atoms with van der Waals surface area (Å²) in [6.07, 6.45) is 9.35. The molecule has 3 saturated heterocycles. The van der Waals surface area contributed by atoms with Gasteiger partial charge < -0.3 is 14.5 Å². The zero-order chi connectivity index (χ0) is 14.3. The number of nitrogens with zero attached hydrogens (tertiary/aromatic N) is 2. The van der Waals surface area contributed by atoms with Crippen LogP contribution in [-0.2, 0) is 9.53 Å². The van der Waals surface area contributed by atoms with Crippen LogP contribution in [0.5, 0.6) is 0 Å². The van der Waals surface area contributed by atoms with Crippen molar-refractivity contribution in [3.8, 4) is 0 Å². The molecule has 3 aliphatic heterocycles. The smallest absolute Gasteiger partial charge is 0.251 e. The molecule has 0 unspecified atom stereocenters. The molecular weight excluding hydrogens is 264 g/mol. The van der Waals surface area contributed by atoms with Crippen LogP contribution < -0.4 is 0 Å². The minimum absolute atomic E-state index is 0.0279. The van der Waals surface area contributed by atoms with Gasteiger partial charge in [0, 0.05) is 32.7 Å². The van der Waals surface area contributed by atoms with E-state index in [-0.39, 0.29) is 17.6 Å². The zero-order valence-electron chi connectivity index (χ0n) is 13.1. The minimum atomic E-state index is -0.141. The fraction of sp³-hybridized carbons (Fsp3) is 0.941. The maximum atomic E-state index is 12.5. The van der Waals surface area contributed by atoms with Crippen LogP contribution in [-0.4, -0.2) is 60.1 Å². The quantitative estimate of drug-likeness (QED) is 0.798. The van der Waals surface area contributed by atoms with E-state index in [4.69, 9.17) is 4.74 Å². The molecule has 1 atom stereocenters. The van der Waals surface area contributed by atoms with Crippen LogP contribution in [0.4, 0.5) is 0 Å². The van der Waals surface area contributed by atoms with Crippen molar-refractivity contribution in [1.82, 2.24) is 9.80 Å². The second-order valence-corrected chi connectivity index (χ2v) is 7.60. The molecule has 4 aliphatic rings. The van der Waals surface area contributed by atoms with Crippen molar-refractivity contribution in [2.45, 2.75) is 63.1 Å². The Kier molecular flexibility index (Phi) is 3.70. The predicted molar refractivity (Wildman–Crippen MR) is 81.1 cm³/mol. The maximum absolute atomic E-state index is 12.5. The molecule has 0 bridgehead atoms. The van der Waals surface area contributed by atoms with Crippen molar-refractivity contribution < 1.29 is 9.53 Å². The van der Waals surface area contributed by atoms with Crippen molar-refractivity contribution in [2.75, 3.05) is 32.7 Å². The van der Waals surface area contributed by atoms with Gasteiger partial charge in [-0.3, -0.25) is 4.79 Å². The molecule has 0 aromatic heterocycles. The van der Waals surface area contributed by atoms with Crippen molar-refractivity contribution in [3.63, 3.8) is 0 Å². The Hall–Kier alpha value is -0.610. The number of likely N-dealkylation sites (tertiary alicyclic amines) is 2. The summed E-state index contributed by atoms with van der Waals surface area (Å²) >= 11 is 0. The van der Waals surface area contributed by atoms with Crippen LogP contribution in [0.1, 0.15) is 51.4 Å². The maximum Gasteiger partial charge on any atom is 0.251 e. The molecule has 1 amide bonds. The van der Waals surface area contributed by atoms with Crippen molar-refractivity contribution in [2.24, 2.45) is 5.92 Å². The van der Waals surface area contributed by atoms with Crippen LogP contribution in [0.25, 0.3) is 0 Å². The van der Waals surface area contributed by atoms with Crippen LogP contribution in [0.3, 0.4) is 0 Å². The molecule has 0 radical (unpaired) electrons. The molecule has 4 nitrogen and oxygen atoms in total. The molecule has 0 N–H and O–H groups in total. The normalized spacial score (nSPS) is 33.0. The van der Waals surface area contributed by atoms with E-state index in [1.54, 1.807) is 0 Å². The molecule has 1 spiro atoms. The fourth-order valence-corrected chi connectivity index (χ4v) is 4.31. The van der Waals surface area contributed by atoms with Crippen molar-refractivity contribution >= 4 is 5.91 Å². The van der Waals surface area contributed by atoms with Gasteiger partial charge in [-0.2, -0.15) is 0 Å². The number of hydrogen-bond acceptors (Lipinski definition) is 3. The second-order valence-electron chi connectivity index (χ2n) is 7.60. The summed E-state index contributed by atoms with van der Waals surface area (Å²) in [6, 6.07) is 0. The van der Waals surface area contributed by atoms with E-state index in [1.807, 2.05) is 4.90 Å². The van der Waals surface area contributed by atoms with Crippen LogP contribution >= 0.6 is 0 Å². The molecule has 0 aromatic carbocycles. The SMILES string of the molecule is O=C([C@H]1CCC2(CCN(CC3CC3)CC2)O1)N1CCCC1. The number of piperidine rings is 1. The van der Waals surface area contributed by atoms with Gasteiger partial charge in [-0.05, 0) is 57.3 Å². The summed E-state index contributed by atoms with van der Waals surface area (Å²) in [4.78, 5) is 17.1. The zero-order valence-corrected chi connectivity index (χ0v) is 13.1. The molecule has 21 heavy (non-hydrogen) atoms. The van der Waals surface area contributed by atoms with E-state index in [1.165, 1.54) is 45.3 Å². The van der Waals surface area contributed by atoms with Gasteiger partial charge in [-0.15, -0.1) is 0 Å². The monoisotopic (exact) mass is 292 g/mol.